The van der Waals surface area contributed by atoms with E-state index in [2.05, 4.69) is 5.32 Å². The standard InChI is InChI=1S/C13H10F2N2O3/c14-9-5-10(15)12(17(19)20)6-11(9)16-7-8-3-1-2-4-13(8)18/h1-6,16,18H,7H2. The van der Waals surface area contributed by atoms with Gasteiger partial charge in [-0.25, -0.2) is 4.39 Å². The van der Waals surface area contributed by atoms with E-state index in [9.17, 15) is 24.0 Å². The van der Waals surface area contributed by atoms with Gasteiger partial charge in [-0.15, -0.1) is 0 Å². The first kappa shape index (κ1) is 13.7. The Labute approximate surface area is 112 Å². The molecule has 0 radical (unpaired) electrons. The zero-order valence-corrected chi connectivity index (χ0v) is 10.1. The number of aromatic hydroxyl groups is 1. The number of hydrogen-bond donors (Lipinski definition) is 2. The Morgan fingerprint density at radius 3 is 2.55 bits per heavy atom. The largest absolute Gasteiger partial charge is 0.508 e. The molecule has 5 nitrogen and oxygen atoms in total. The summed E-state index contributed by atoms with van der Waals surface area (Å²) in [5.74, 6) is -2.17. The lowest BCUT2D eigenvalue weighted by molar-refractivity contribution is -0.387. The van der Waals surface area contributed by atoms with Crippen LogP contribution in [0.1, 0.15) is 5.56 Å². The molecule has 0 atom stereocenters. The first-order valence-electron chi connectivity index (χ1n) is 5.63. The maximum atomic E-state index is 13.5. The molecule has 0 aliphatic rings. The summed E-state index contributed by atoms with van der Waals surface area (Å²) in [6.45, 7) is 0.0480. The third-order valence-electron chi connectivity index (χ3n) is 2.69. The van der Waals surface area contributed by atoms with Gasteiger partial charge in [-0.05, 0) is 6.07 Å². The number of nitrogens with zero attached hydrogens (tertiary/aromatic N) is 1. The number of phenolic OH excluding ortho intramolecular Hbond substituents is 1. The normalized spacial score (nSPS) is 10.3. The van der Waals surface area contributed by atoms with Gasteiger partial charge in [-0.3, -0.25) is 10.1 Å². The van der Waals surface area contributed by atoms with Crippen LogP contribution in [0.15, 0.2) is 36.4 Å². The minimum Gasteiger partial charge on any atom is -0.508 e. The Balaban J connectivity index is 2.24. The van der Waals surface area contributed by atoms with Crippen molar-refractivity contribution in [3.8, 4) is 5.75 Å². The van der Waals surface area contributed by atoms with Gasteiger partial charge < -0.3 is 10.4 Å². The monoisotopic (exact) mass is 280 g/mol. The highest BCUT2D eigenvalue weighted by Crippen LogP contribution is 2.26. The second kappa shape index (κ2) is 5.52. The molecular weight excluding hydrogens is 270 g/mol. The Morgan fingerprint density at radius 1 is 1.20 bits per heavy atom. The Kier molecular flexibility index (Phi) is 3.79. The fraction of sp³-hybridized carbons (Fsp3) is 0.0769. The maximum absolute atomic E-state index is 13.5. The SMILES string of the molecule is O=[N+]([O-])c1cc(NCc2ccccc2O)c(F)cc1F. The van der Waals surface area contributed by atoms with Crippen molar-refractivity contribution in [1.82, 2.24) is 0 Å². The van der Waals surface area contributed by atoms with Crippen molar-refractivity contribution in [1.29, 1.82) is 0 Å². The van der Waals surface area contributed by atoms with Gasteiger partial charge in [0.15, 0.2) is 0 Å². The van der Waals surface area contributed by atoms with Crippen LogP contribution in [0.25, 0.3) is 0 Å². The van der Waals surface area contributed by atoms with Crippen LogP contribution >= 0.6 is 0 Å². The molecular formula is C13H10F2N2O3. The maximum Gasteiger partial charge on any atom is 0.307 e. The molecule has 0 bridgehead atoms. The molecule has 0 aromatic heterocycles. The average Bonchev–Trinajstić information content (AvgIpc) is 2.39. The molecule has 0 aliphatic carbocycles. The van der Waals surface area contributed by atoms with E-state index in [1.807, 2.05) is 0 Å². The summed E-state index contributed by atoms with van der Waals surface area (Å²) in [6, 6.07) is 7.61. The molecule has 2 N–H and O–H groups in total. The summed E-state index contributed by atoms with van der Waals surface area (Å²) in [6.07, 6.45) is 0. The number of nitro groups is 1. The summed E-state index contributed by atoms with van der Waals surface area (Å²) in [5, 5.41) is 22.7. The van der Waals surface area contributed by atoms with Crippen molar-refractivity contribution in [3.63, 3.8) is 0 Å². The van der Waals surface area contributed by atoms with Crippen LogP contribution in [0.3, 0.4) is 0 Å². The topological polar surface area (TPSA) is 75.4 Å². The van der Waals surface area contributed by atoms with Crippen LogP contribution in [-0.4, -0.2) is 10.0 Å². The zero-order valence-electron chi connectivity index (χ0n) is 10.1. The lowest BCUT2D eigenvalue weighted by atomic mass is 10.2. The van der Waals surface area contributed by atoms with Crippen molar-refractivity contribution < 1.29 is 18.8 Å². The molecule has 0 heterocycles. The number of nitrogens with one attached hydrogen (secondary N) is 1. The molecule has 2 aromatic rings. The fourth-order valence-corrected chi connectivity index (χ4v) is 1.66. The summed E-state index contributed by atoms with van der Waals surface area (Å²) >= 11 is 0. The number of hydrogen-bond acceptors (Lipinski definition) is 4. The average molecular weight is 280 g/mol. The highest BCUT2D eigenvalue weighted by molar-refractivity contribution is 5.53. The van der Waals surface area contributed by atoms with Crippen molar-refractivity contribution in [2.45, 2.75) is 6.54 Å². The fourth-order valence-electron chi connectivity index (χ4n) is 1.66. The van der Waals surface area contributed by atoms with E-state index in [-0.39, 0.29) is 18.0 Å². The molecule has 0 saturated heterocycles. The van der Waals surface area contributed by atoms with E-state index in [1.165, 1.54) is 6.07 Å². The van der Waals surface area contributed by atoms with E-state index in [1.54, 1.807) is 18.2 Å². The third kappa shape index (κ3) is 2.82. The van der Waals surface area contributed by atoms with Crippen molar-refractivity contribution in [3.05, 3.63) is 63.7 Å². The van der Waals surface area contributed by atoms with Crippen LogP contribution in [0.2, 0.25) is 0 Å². The van der Waals surface area contributed by atoms with E-state index in [4.69, 9.17) is 0 Å². The van der Waals surface area contributed by atoms with Gasteiger partial charge in [-0.1, -0.05) is 18.2 Å². The van der Waals surface area contributed by atoms with Crippen LogP contribution < -0.4 is 5.32 Å². The number of para-hydroxylation sites is 1. The van der Waals surface area contributed by atoms with Crippen molar-refractivity contribution in [2.75, 3.05) is 5.32 Å². The first-order chi connectivity index (χ1) is 9.49. The summed E-state index contributed by atoms with van der Waals surface area (Å²) in [4.78, 5) is 9.66. The van der Waals surface area contributed by atoms with Crippen molar-refractivity contribution in [2.24, 2.45) is 0 Å². The van der Waals surface area contributed by atoms with E-state index < -0.39 is 22.2 Å². The molecule has 2 rings (SSSR count). The minimum absolute atomic E-state index is 0.0111. The molecule has 0 unspecified atom stereocenters. The Bertz CT molecular complexity index is 662. The second-order valence-corrected chi connectivity index (χ2v) is 4.02. The third-order valence-corrected chi connectivity index (χ3v) is 2.69. The van der Waals surface area contributed by atoms with Crippen molar-refractivity contribution >= 4 is 11.4 Å². The first-order valence-corrected chi connectivity index (χ1v) is 5.63. The van der Waals surface area contributed by atoms with E-state index in [0.717, 1.165) is 6.07 Å². The summed E-state index contributed by atoms with van der Waals surface area (Å²) in [5.41, 5.74) is -0.536. The molecule has 0 spiro atoms. The molecule has 0 amide bonds. The van der Waals surface area contributed by atoms with E-state index >= 15 is 0 Å². The van der Waals surface area contributed by atoms with Gasteiger partial charge in [-0.2, -0.15) is 4.39 Å². The smallest absolute Gasteiger partial charge is 0.307 e. The molecule has 20 heavy (non-hydrogen) atoms. The number of halogens is 2. The summed E-state index contributed by atoms with van der Waals surface area (Å²) in [7, 11) is 0. The predicted octanol–water partition coefficient (Wildman–Crippen LogP) is 3.19. The lowest BCUT2D eigenvalue weighted by Crippen LogP contribution is -2.04. The van der Waals surface area contributed by atoms with Gasteiger partial charge in [0.2, 0.25) is 5.82 Å². The predicted molar refractivity (Wildman–Crippen MR) is 68.4 cm³/mol. The zero-order chi connectivity index (χ0) is 14.7. The van der Waals surface area contributed by atoms with Gasteiger partial charge in [0.1, 0.15) is 11.6 Å². The summed E-state index contributed by atoms with van der Waals surface area (Å²) < 4.78 is 26.7. The number of rotatable bonds is 4. The molecule has 0 fully saturated rings. The van der Waals surface area contributed by atoms with Crippen LogP contribution in [0.4, 0.5) is 20.2 Å². The van der Waals surface area contributed by atoms with Crippen LogP contribution in [0, 0.1) is 21.7 Å². The molecule has 2 aromatic carbocycles. The minimum atomic E-state index is -1.24. The Hall–Kier alpha value is -2.70. The van der Waals surface area contributed by atoms with Gasteiger partial charge in [0, 0.05) is 24.2 Å². The van der Waals surface area contributed by atoms with Gasteiger partial charge >= 0.3 is 5.69 Å². The lowest BCUT2D eigenvalue weighted by Gasteiger charge is -2.09. The number of nitro benzene ring substituents is 1. The highest BCUT2D eigenvalue weighted by atomic mass is 19.1. The van der Waals surface area contributed by atoms with Gasteiger partial charge in [0.05, 0.1) is 10.6 Å². The number of benzene rings is 2. The number of phenols is 1. The second-order valence-electron chi connectivity index (χ2n) is 4.02. The van der Waals surface area contributed by atoms with E-state index in [0.29, 0.717) is 11.6 Å². The number of anilines is 1. The molecule has 0 saturated carbocycles. The molecule has 7 heteroatoms. The van der Waals surface area contributed by atoms with Gasteiger partial charge in [0.25, 0.3) is 0 Å². The molecule has 0 aliphatic heterocycles. The quantitative estimate of drug-likeness (QED) is 0.666. The highest BCUT2D eigenvalue weighted by Gasteiger charge is 2.18. The van der Waals surface area contributed by atoms with Crippen LogP contribution in [-0.2, 0) is 6.54 Å². The molecule has 104 valence electrons. The van der Waals surface area contributed by atoms with Crippen LogP contribution in [0.5, 0.6) is 5.75 Å². The Morgan fingerprint density at radius 2 is 1.90 bits per heavy atom.